The highest BCUT2D eigenvalue weighted by molar-refractivity contribution is 6.01. The van der Waals surface area contributed by atoms with E-state index in [1.165, 1.54) is 34.5 Å². The van der Waals surface area contributed by atoms with Gasteiger partial charge in [0, 0.05) is 0 Å². The molecule has 2 fully saturated rings. The number of aliphatic hydroxyl groups is 6. The SMILES string of the molecule is COc1c(OC)c(OC2O[C@H](COC3OC[C@@H](O)[C@H](O)[C@H]3O)[C@@H](O)[C@H](O)[C@H]2O)c2c(=O)c3cccc(OC)c3oc2c1OC. The summed E-state index contributed by atoms with van der Waals surface area (Å²) in [5, 5.41) is 61.8. The van der Waals surface area contributed by atoms with Gasteiger partial charge in [-0.25, -0.2) is 0 Å². The van der Waals surface area contributed by atoms with Gasteiger partial charge in [0.1, 0.15) is 48.1 Å². The smallest absolute Gasteiger partial charge is 0.229 e. The fourth-order valence-electron chi connectivity index (χ4n) is 5.19. The molecule has 0 amide bonds. The zero-order valence-corrected chi connectivity index (χ0v) is 24.1. The molecule has 242 valence electrons. The normalized spacial score (nSPS) is 30.7. The highest BCUT2D eigenvalue weighted by atomic mass is 16.7. The summed E-state index contributed by atoms with van der Waals surface area (Å²) in [7, 11) is 5.32. The Bertz CT molecular complexity index is 1540. The number of hydrogen-bond acceptors (Lipinski definition) is 16. The molecule has 3 aromatic rings. The summed E-state index contributed by atoms with van der Waals surface area (Å²) < 4.78 is 50.5. The first-order valence-electron chi connectivity index (χ1n) is 13.5. The Morgan fingerprint density at radius 2 is 1.41 bits per heavy atom. The van der Waals surface area contributed by atoms with Crippen molar-refractivity contribution >= 4 is 21.9 Å². The minimum Gasteiger partial charge on any atom is -0.493 e. The van der Waals surface area contributed by atoms with E-state index < -0.39 is 67.3 Å². The van der Waals surface area contributed by atoms with E-state index in [4.69, 9.17) is 42.3 Å². The van der Waals surface area contributed by atoms with Crippen molar-refractivity contribution in [1.82, 2.24) is 0 Å². The first kappa shape index (κ1) is 32.0. The van der Waals surface area contributed by atoms with Crippen molar-refractivity contribution in [1.29, 1.82) is 0 Å². The first-order chi connectivity index (χ1) is 21.1. The monoisotopic (exact) mass is 626 g/mol. The van der Waals surface area contributed by atoms with Crippen LogP contribution in [0.3, 0.4) is 0 Å². The topological polar surface area (TPSA) is 225 Å². The van der Waals surface area contributed by atoms with Crippen molar-refractivity contribution < 1.29 is 73.0 Å². The molecular formula is C28H34O16. The molecule has 44 heavy (non-hydrogen) atoms. The maximum absolute atomic E-state index is 13.9. The van der Waals surface area contributed by atoms with Crippen molar-refractivity contribution in [3.63, 3.8) is 0 Å². The van der Waals surface area contributed by atoms with Gasteiger partial charge >= 0.3 is 0 Å². The van der Waals surface area contributed by atoms with Gasteiger partial charge in [0.15, 0.2) is 29.0 Å². The molecule has 2 aromatic carbocycles. The quantitative estimate of drug-likeness (QED) is 0.151. The third-order valence-corrected chi connectivity index (χ3v) is 7.55. The zero-order valence-electron chi connectivity index (χ0n) is 24.1. The lowest BCUT2D eigenvalue weighted by Crippen LogP contribution is -2.61. The van der Waals surface area contributed by atoms with E-state index in [0.29, 0.717) is 0 Å². The molecule has 16 nitrogen and oxygen atoms in total. The predicted molar refractivity (Wildman–Crippen MR) is 147 cm³/mol. The number of ether oxygens (including phenoxy) is 8. The Balaban J connectivity index is 1.56. The lowest BCUT2D eigenvalue weighted by molar-refractivity contribution is -0.307. The highest BCUT2D eigenvalue weighted by Gasteiger charge is 2.47. The molecule has 3 heterocycles. The molecule has 6 N–H and O–H groups in total. The lowest BCUT2D eigenvalue weighted by Gasteiger charge is -2.41. The molecule has 0 radical (unpaired) electrons. The van der Waals surface area contributed by atoms with Crippen LogP contribution in [-0.4, -0.2) is 128 Å². The van der Waals surface area contributed by atoms with E-state index in [1.807, 2.05) is 0 Å². The van der Waals surface area contributed by atoms with Crippen LogP contribution in [0.25, 0.3) is 21.9 Å². The van der Waals surface area contributed by atoms with Crippen LogP contribution in [0.15, 0.2) is 27.4 Å². The number of para-hydroxylation sites is 1. The third-order valence-electron chi connectivity index (χ3n) is 7.55. The Hall–Kier alpha value is -3.45. The molecule has 0 spiro atoms. The molecule has 2 unspecified atom stereocenters. The molecule has 2 saturated heterocycles. The minimum atomic E-state index is -1.85. The summed E-state index contributed by atoms with van der Waals surface area (Å²) in [6.45, 7) is -0.856. The number of hydrogen-bond donors (Lipinski definition) is 6. The van der Waals surface area contributed by atoms with Crippen LogP contribution in [-0.2, 0) is 14.2 Å². The van der Waals surface area contributed by atoms with Crippen molar-refractivity contribution in [2.24, 2.45) is 0 Å². The Labute approximate surface area is 249 Å². The second-order valence-corrected chi connectivity index (χ2v) is 10.1. The van der Waals surface area contributed by atoms with Crippen LogP contribution in [0.4, 0.5) is 0 Å². The summed E-state index contributed by atoms with van der Waals surface area (Å²) in [5.41, 5.74) is -0.597. The average Bonchev–Trinajstić information content (AvgIpc) is 3.03. The Morgan fingerprint density at radius 1 is 0.750 bits per heavy atom. The largest absolute Gasteiger partial charge is 0.493 e. The number of methoxy groups -OCH3 is 4. The lowest BCUT2D eigenvalue weighted by atomic mass is 9.99. The van der Waals surface area contributed by atoms with E-state index in [2.05, 4.69) is 0 Å². The molecule has 0 aliphatic carbocycles. The van der Waals surface area contributed by atoms with Gasteiger partial charge in [-0.2, -0.15) is 0 Å². The fourth-order valence-corrected chi connectivity index (χ4v) is 5.19. The minimum absolute atomic E-state index is 0.0122. The Kier molecular flexibility index (Phi) is 9.36. The van der Waals surface area contributed by atoms with Gasteiger partial charge in [-0.1, -0.05) is 6.07 Å². The van der Waals surface area contributed by atoms with Gasteiger partial charge < -0.3 is 73.0 Å². The van der Waals surface area contributed by atoms with Gasteiger partial charge in [-0.3, -0.25) is 4.79 Å². The van der Waals surface area contributed by atoms with Gasteiger partial charge in [-0.15, -0.1) is 0 Å². The zero-order chi connectivity index (χ0) is 31.9. The fraction of sp³-hybridized carbons (Fsp3) is 0.536. The van der Waals surface area contributed by atoms with Crippen molar-refractivity contribution in [2.45, 2.75) is 55.3 Å². The van der Waals surface area contributed by atoms with Crippen LogP contribution in [0.1, 0.15) is 0 Å². The number of fused-ring (bicyclic) bond motifs is 2. The molecule has 0 saturated carbocycles. The van der Waals surface area contributed by atoms with Crippen LogP contribution >= 0.6 is 0 Å². The van der Waals surface area contributed by atoms with Crippen molar-refractivity contribution in [3.05, 3.63) is 28.4 Å². The first-order valence-corrected chi connectivity index (χ1v) is 13.5. The standard InChI is InChI=1S/C28H34O16/c1-36-12-7-5-6-10-15(30)14-22(43-21(10)12)24(37-2)26(39-4)25(38-3)23(14)44-28-20(35)18(33)17(32)13(42-28)9-41-27-19(34)16(31)11(29)8-40-27/h5-7,11,13,16-20,27-29,31-35H,8-9H2,1-4H3/t11-,13-,16+,17-,18+,19-,20-,27?,28?/m1/s1. The van der Waals surface area contributed by atoms with E-state index in [-0.39, 0.29) is 57.3 Å². The van der Waals surface area contributed by atoms with Gasteiger partial charge in [0.05, 0.1) is 47.0 Å². The molecule has 2 aliphatic rings. The van der Waals surface area contributed by atoms with E-state index in [1.54, 1.807) is 12.1 Å². The van der Waals surface area contributed by atoms with Crippen molar-refractivity contribution in [2.75, 3.05) is 41.7 Å². The van der Waals surface area contributed by atoms with E-state index in [0.717, 1.165) is 0 Å². The van der Waals surface area contributed by atoms with Gasteiger partial charge in [-0.05, 0) is 12.1 Å². The average molecular weight is 627 g/mol. The molecule has 2 aliphatic heterocycles. The molecule has 1 aromatic heterocycles. The van der Waals surface area contributed by atoms with Crippen LogP contribution in [0.2, 0.25) is 0 Å². The molecular weight excluding hydrogens is 592 g/mol. The summed E-state index contributed by atoms with van der Waals surface area (Å²) in [6.07, 6.45) is -14.4. The molecule has 0 bridgehead atoms. The summed E-state index contributed by atoms with van der Waals surface area (Å²) in [4.78, 5) is 13.9. The van der Waals surface area contributed by atoms with E-state index >= 15 is 0 Å². The van der Waals surface area contributed by atoms with Gasteiger partial charge in [0.25, 0.3) is 0 Å². The number of benzene rings is 2. The summed E-state index contributed by atoms with van der Waals surface area (Å²) in [6, 6.07) is 4.70. The summed E-state index contributed by atoms with van der Waals surface area (Å²) in [5.74, 6) is -0.219. The Morgan fingerprint density at radius 3 is 2.07 bits per heavy atom. The number of aliphatic hydroxyl groups excluding tert-OH is 6. The van der Waals surface area contributed by atoms with Crippen LogP contribution in [0.5, 0.6) is 28.7 Å². The summed E-state index contributed by atoms with van der Waals surface area (Å²) >= 11 is 0. The third kappa shape index (κ3) is 5.38. The predicted octanol–water partition coefficient (Wildman–Crippen LogP) is -1.38. The van der Waals surface area contributed by atoms with E-state index in [9.17, 15) is 35.4 Å². The van der Waals surface area contributed by atoms with Crippen LogP contribution in [0, 0.1) is 0 Å². The second kappa shape index (κ2) is 12.9. The maximum Gasteiger partial charge on any atom is 0.229 e. The van der Waals surface area contributed by atoms with Crippen LogP contribution < -0.4 is 29.1 Å². The molecule has 5 rings (SSSR count). The maximum atomic E-state index is 13.9. The van der Waals surface area contributed by atoms with Crippen molar-refractivity contribution in [3.8, 4) is 28.7 Å². The molecule has 16 heteroatoms. The highest BCUT2D eigenvalue weighted by Crippen LogP contribution is 2.51. The van der Waals surface area contributed by atoms with Gasteiger partial charge in [0.2, 0.25) is 29.0 Å². The number of rotatable bonds is 9. The second-order valence-electron chi connectivity index (χ2n) is 10.1. The molecule has 9 atom stereocenters.